The molecule has 1 aliphatic heterocycles. The summed E-state index contributed by atoms with van der Waals surface area (Å²) in [6.07, 6.45) is 3.89. The number of amides is 1. The number of anilines is 1. The molecule has 4 rings (SSSR count). The van der Waals surface area contributed by atoms with Gasteiger partial charge in [-0.25, -0.2) is 4.98 Å². The molecule has 0 saturated carbocycles. The zero-order valence-electron chi connectivity index (χ0n) is 16.3. The van der Waals surface area contributed by atoms with Gasteiger partial charge in [-0.1, -0.05) is 18.2 Å². The molecule has 1 fully saturated rings. The van der Waals surface area contributed by atoms with Crippen molar-refractivity contribution in [2.24, 2.45) is 0 Å². The number of nitrogens with zero attached hydrogens (tertiary/aromatic N) is 3. The van der Waals surface area contributed by atoms with Crippen molar-refractivity contribution < 1.29 is 14.3 Å². The quantitative estimate of drug-likeness (QED) is 0.363. The molecule has 1 aromatic carbocycles. The van der Waals surface area contributed by atoms with Gasteiger partial charge in [0.05, 0.1) is 12.1 Å². The lowest BCUT2D eigenvalue weighted by molar-refractivity contribution is -0.117. The van der Waals surface area contributed by atoms with E-state index in [4.69, 9.17) is 4.74 Å². The van der Waals surface area contributed by atoms with Gasteiger partial charge in [0, 0.05) is 36.3 Å². The van der Waals surface area contributed by atoms with Crippen LogP contribution in [0.25, 0.3) is 10.9 Å². The number of hydrogen-bond acceptors (Lipinski definition) is 6. The van der Waals surface area contributed by atoms with Crippen LogP contribution in [0.1, 0.15) is 29.0 Å². The fourth-order valence-corrected chi connectivity index (χ4v) is 3.49. The molecular weight excluding hydrogens is 370 g/mol. The van der Waals surface area contributed by atoms with Gasteiger partial charge in [-0.3, -0.25) is 9.59 Å². The van der Waals surface area contributed by atoms with E-state index in [9.17, 15) is 9.59 Å². The second-order valence-corrected chi connectivity index (χ2v) is 6.99. The summed E-state index contributed by atoms with van der Waals surface area (Å²) in [5, 5.41) is 3.34. The number of benzene rings is 1. The van der Waals surface area contributed by atoms with E-state index in [1.54, 1.807) is 6.20 Å². The van der Waals surface area contributed by atoms with E-state index >= 15 is 0 Å². The SMILES string of the molecule is Cc1nc(OCCNC(=O)C(=O)c2c[nH]c3ccccc23)cc(N2CCCC2)n1. The lowest BCUT2D eigenvalue weighted by atomic mass is 10.1. The van der Waals surface area contributed by atoms with Crippen molar-refractivity contribution in [3.8, 4) is 5.88 Å². The van der Waals surface area contributed by atoms with Crippen molar-refractivity contribution >= 4 is 28.4 Å². The maximum atomic E-state index is 12.4. The topological polar surface area (TPSA) is 100 Å². The zero-order chi connectivity index (χ0) is 20.2. The maximum absolute atomic E-state index is 12.4. The van der Waals surface area contributed by atoms with Gasteiger partial charge in [-0.05, 0) is 25.8 Å². The van der Waals surface area contributed by atoms with Crippen LogP contribution in [-0.4, -0.2) is 52.9 Å². The Morgan fingerprint density at radius 2 is 2.00 bits per heavy atom. The first-order chi connectivity index (χ1) is 14.1. The lowest BCUT2D eigenvalue weighted by Crippen LogP contribution is -2.34. The van der Waals surface area contributed by atoms with Gasteiger partial charge >= 0.3 is 0 Å². The second kappa shape index (κ2) is 8.30. The molecule has 150 valence electrons. The molecular formula is C21H23N5O3. The molecule has 29 heavy (non-hydrogen) atoms. The Labute approximate surface area is 168 Å². The molecule has 0 unspecified atom stereocenters. The number of nitrogens with one attached hydrogen (secondary N) is 2. The number of para-hydroxylation sites is 1. The minimum absolute atomic E-state index is 0.203. The molecule has 3 heterocycles. The standard InChI is InChI=1S/C21H23N5O3/c1-14-24-18(26-9-4-5-10-26)12-19(25-14)29-11-8-22-21(28)20(27)16-13-23-17-7-3-2-6-15(16)17/h2-3,6-7,12-13,23H,4-5,8-11H2,1H3,(H,22,28). The molecule has 0 atom stereocenters. The maximum Gasteiger partial charge on any atom is 0.292 e. The molecule has 0 spiro atoms. The van der Waals surface area contributed by atoms with Crippen LogP contribution in [0.4, 0.5) is 5.82 Å². The Hall–Kier alpha value is -3.42. The van der Waals surface area contributed by atoms with E-state index in [1.807, 2.05) is 37.3 Å². The molecule has 2 N–H and O–H groups in total. The molecule has 8 heteroatoms. The highest BCUT2D eigenvalue weighted by Gasteiger charge is 2.19. The first kappa shape index (κ1) is 18.9. The largest absolute Gasteiger partial charge is 0.476 e. The Morgan fingerprint density at radius 1 is 1.21 bits per heavy atom. The molecule has 0 radical (unpaired) electrons. The van der Waals surface area contributed by atoms with Gasteiger partial charge in [-0.2, -0.15) is 4.98 Å². The average Bonchev–Trinajstić information content (AvgIpc) is 3.40. The third kappa shape index (κ3) is 4.21. The minimum Gasteiger partial charge on any atom is -0.476 e. The zero-order valence-corrected chi connectivity index (χ0v) is 16.3. The Kier molecular flexibility index (Phi) is 5.41. The van der Waals surface area contributed by atoms with Crippen molar-refractivity contribution in [3.63, 3.8) is 0 Å². The summed E-state index contributed by atoms with van der Waals surface area (Å²) in [6, 6.07) is 9.19. The van der Waals surface area contributed by atoms with Crippen LogP contribution in [0, 0.1) is 6.92 Å². The number of hydrogen-bond donors (Lipinski definition) is 2. The highest BCUT2D eigenvalue weighted by Crippen LogP contribution is 2.21. The van der Waals surface area contributed by atoms with Crippen LogP contribution < -0.4 is 15.0 Å². The van der Waals surface area contributed by atoms with E-state index in [0.29, 0.717) is 17.3 Å². The summed E-state index contributed by atoms with van der Waals surface area (Å²) in [4.78, 5) is 38.6. The monoisotopic (exact) mass is 393 g/mol. The third-order valence-corrected chi connectivity index (χ3v) is 4.91. The third-order valence-electron chi connectivity index (χ3n) is 4.91. The highest BCUT2D eigenvalue weighted by atomic mass is 16.5. The van der Waals surface area contributed by atoms with Gasteiger partial charge in [0.2, 0.25) is 5.88 Å². The molecule has 0 bridgehead atoms. The number of fused-ring (bicyclic) bond motifs is 1. The van der Waals surface area contributed by atoms with Crippen LogP contribution in [0.15, 0.2) is 36.5 Å². The highest BCUT2D eigenvalue weighted by molar-refractivity contribution is 6.44. The van der Waals surface area contributed by atoms with Gasteiger partial charge in [0.1, 0.15) is 18.2 Å². The molecule has 8 nitrogen and oxygen atoms in total. The van der Waals surface area contributed by atoms with Crippen LogP contribution in [0.2, 0.25) is 0 Å². The number of ketones is 1. The summed E-state index contributed by atoms with van der Waals surface area (Å²) >= 11 is 0. The predicted octanol–water partition coefficient (Wildman–Crippen LogP) is 2.24. The Bertz CT molecular complexity index is 1040. The minimum atomic E-state index is -0.657. The number of Topliss-reactive ketones (excluding diaryl/α,β-unsaturated/α-hetero) is 1. The van der Waals surface area contributed by atoms with Crippen LogP contribution in [0.5, 0.6) is 5.88 Å². The van der Waals surface area contributed by atoms with Gasteiger partial charge in [-0.15, -0.1) is 0 Å². The molecule has 1 saturated heterocycles. The molecule has 1 amide bonds. The van der Waals surface area contributed by atoms with Crippen molar-refractivity contribution in [2.45, 2.75) is 19.8 Å². The van der Waals surface area contributed by atoms with Crippen molar-refractivity contribution in [2.75, 3.05) is 31.1 Å². The van der Waals surface area contributed by atoms with Crippen molar-refractivity contribution in [1.29, 1.82) is 0 Å². The molecule has 3 aromatic rings. The number of ether oxygens (including phenoxy) is 1. The Morgan fingerprint density at radius 3 is 2.83 bits per heavy atom. The van der Waals surface area contributed by atoms with Crippen LogP contribution in [0.3, 0.4) is 0 Å². The van der Waals surface area contributed by atoms with Crippen LogP contribution in [-0.2, 0) is 4.79 Å². The molecule has 2 aromatic heterocycles. The number of rotatable bonds is 7. The number of aromatic amines is 1. The summed E-state index contributed by atoms with van der Waals surface area (Å²) in [7, 11) is 0. The summed E-state index contributed by atoms with van der Waals surface area (Å²) in [6.45, 7) is 4.22. The van der Waals surface area contributed by atoms with Crippen molar-refractivity contribution in [1.82, 2.24) is 20.3 Å². The number of carbonyl (C=O) groups is 2. The van der Waals surface area contributed by atoms with E-state index in [-0.39, 0.29) is 13.2 Å². The molecule has 1 aliphatic rings. The first-order valence-electron chi connectivity index (χ1n) is 9.74. The lowest BCUT2D eigenvalue weighted by Gasteiger charge is -2.17. The van der Waals surface area contributed by atoms with Gasteiger partial charge in [0.25, 0.3) is 11.7 Å². The second-order valence-electron chi connectivity index (χ2n) is 6.99. The van der Waals surface area contributed by atoms with Gasteiger partial charge in [0.15, 0.2) is 0 Å². The average molecular weight is 393 g/mol. The number of aromatic nitrogens is 3. The van der Waals surface area contributed by atoms with E-state index in [1.165, 1.54) is 0 Å². The normalized spacial score (nSPS) is 13.6. The van der Waals surface area contributed by atoms with E-state index in [2.05, 4.69) is 25.2 Å². The van der Waals surface area contributed by atoms with Gasteiger partial charge < -0.3 is 19.9 Å². The summed E-state index contributed by atoms with van der Waals surface area (Å²) in [5.41, 5.74) is 1.18. The van der Waals surface area contributed by atoms with Crippen molar-refractivity contribution in [3.05, 3.63) is 47.9 Å². The summed E-state index contributed by atoms with van der Waals surface area (Å²) < 4.78 is 5.67. The smallest absolute Gasteiger partial charge is 0.292 e. The van der Waals surface area contributed by atoms with Crippen LogP contribution >= 0.6 is 0 Å². The fourth-order valence-electron chi connectivity index (χ4n) is 3.49. The first-order valence-corrected chi connectivity index (χ1v) is 9.74. The Balaban J connectivity index is 1.31. The van der Waals surface area contributed by atoms with E-state index in [0.717, 1.165) is 42.7 Å². The number of carbonyl (C=O) groups excluding carboxylic acids is 2. The molecule has 0 aliphatic carbocycles. The number of H-pyrrole nitrogens is 1. The number of aryl methyl sites for hydroxylation is 1. The van der Waals surface area contributed by atoms with E-state index < -0.39 is 11.7 Å². The fraction of sp³-hybridized carbons (Fsp3) is 0.333. The summed E-state index contributed by atoms with van der Waals surface area (Å²) in [5.74, 6) is 0.745. The predicted molar refractivity (Wildman–Crippen MR) is 109 cm³/mol.